The Morgan fingerprint density at radius 1 is 1.75 bits per heavy atom. The average molecular weight is 132 g/mol. The molecule has 0 aromatic carbocycles. The highest BCUT2D eigenvalue weighted by molar-refractivity contribution is 6.21. The molecule has 0 saturated carbocycles. The third kappa shape index (κ3) is 1.49. The maximum absolute atomic E-state index is 5.79. The summed E-state index contributed by atoms with van der Waals surface area (Å²) in [6.07, 6.45) is 0.981. The van der Waals surface area contributed by atoms with Gasteiger partial charge in [0.05, 0.1) is 0 Å². The second kappa shape index (κ2) is 2.51. The lowest BCUT2D eigenvalue weighted by Gasteiger charge is -2.18. The number of nitrogens with one attached hydrogen (secondary N) is 1. The van der Waals surface area contributed by atoms with E-state index in [-0.39, 0.29) is 5.38 Å². The van der Waals surface area contributed by atoms with Crippen molar-refractivity contribution in [2.45, 2.75) is 11.8 Å². The van der Waals surface area contributed by atoms with Crippen molar-refractivity contribution >= 4 is 11.6 Å². The minimum absolute atomic E-state index is 0.274. The first-order chi connectivity index (χ1) is 3.79. The third-order valence-corrected chi connectivity index (χ3v) is 1.56. The molecule has 8 heavy (non-hydrogen) atoms. The molecular formula is C6H10ClN. The highest BCUT2D eigenvalue weighted by Crippen LogP contribution is 2.11. The van der Waals surface area contributed by atoms with Crippen molar-refractivity contribution < 1.29 is 0 Å². The van der Waals surface area contributed by atoms with Gasteiger partial charge in [-0.05, 0) is 6.42 Å². The lowest BCUT2D eigenvalue weighted by molar-refractivity contribution is 0.618. The Morgan fingerprint density at radius 2 is 2.50 bits per heavy atom. The number of hydrogen-bond acceptors (Lipinski definition) is 1. The zero-order valence-corrected chi connectivity index (χ0v) is 5.54. The predicted octanol–water partition coefficient (Wildman–Crippen LogP) is 1.14. The molecule has 1 unspecified atom stereocenters. The van der Waals surface area contributed by atoms with Gasteiger partial charge in [0, 0.05) is 18.5 Å². The molecule has 0 amide bonds. The van der Waals surface area contributed by atoms with Crippen molar-refractivity contribution in [2.75, 3.05) is 13.1 Å². The first-order valence-corrected chi connectivity index (χ1v) is 3.24. The van der Waals surface area contributed by atoms with Crippen LogP contribution in [0.1, 0.15) is 6.42 Å². The van der Waals surface area contributed by atoms with Crippen LogP contribution in [0.15, 0.2) is 12.2 Å². The third-order valence-electron chi connectivity index (χ3n) is 1.25. The number of piperidine rings is 1. The van der Waals surface area contributed by atoms with Crippen molar-refractivity contribution in [1.29, 1.82) is 0 Å². The zero-order chi connectivity index (χ0) is 5.98. The summed E-state index contributed by atoms with van der Waals surface area (Å²) in [5.74, 6) is 0. The molecule has 0 spiro atoms. The van der Waals surface area contributed by atoms with Crippen molar-refractivity contribution in [2.24, 2.45) is 0 Å². The normalized spacial score (nSPS) is 30.6. The van der Waals surface area contributed by atoms with Crippen LogP contribution in [-0.2, 0) is 0 Å². The van der Waals surface area contributed by atoms with E-state index in [0.717, 1.165) is 19.5 Å². The van der Waals surface area contributed by atoms with E-state index in [1.807, 2.05) is 0 Å². The van der Waals surface area contributed by atoms with Gasteiger partial charge in [0.1, 0.15) is 0 Å². The van der Waals surface area contributed by atoms with E-state index in [9.17, 15) is 0 Å². The van der Waals surface area contributed by atoms with Gasteiger partial charge in [-0.1, -0.05) is 12.2 Å². The van der Waals surface area contributed by atoms with E-state index < -0.39 is 0 Å². The molecule has 1 heterocycles. The van der Waals surface area contributed by atoms with E-state index in [4.69, 9.17) is 11.6 Å². The van der Waals surface area contributed by atoms with Gasteiger partial charge in [0.25, 0.3) is 0 Å². The minimum atomic E-state index is 0.274. The largest absolute Gasteiger partial charge is 0.312 e. The minimum Gasteiger partial charge on any atom is -0.312 e. The first kappa shape index (κ1) is 6.12. The molecule has 0 aromatic heterocycles. The topological polar surface area (TPSA) is 12.0 Å². The Labute approximate surface area is 54.7 Å². The number of halogens is 1. The quantitative estimate of drug-likeness (QED) is 0.384. The molecule has 2 heteroatoms. The van der Waals surface area contributed by atoms with Crippen LogP contribution in [0.5, 0.6) is 0 Å². The summed E-state index contributed by atoms with van der Waals surface area (Å²) >= 11 is 5.79. The maximum Gasteiger partial charge on any atom is 0.0498 e. The molecule has 46 valence electrons. The first-order valence-electron chi connectivity index (χ1n) is 2.80. The van der Waals surface area contributed by atoms with Gasteiger partial charge in [-0.25, -0.2) is 0 Å². The Balaban J connectivity index is 2.34. The summed E-state index contributed by atoms with van der Waals surface area (Å²) in [5, 5.41) is 3.43. The highest BCUT2D eigenvalue weighted by Gasteiger charge is 2.10. The maximum atomic E-state index is 5.79. The smallest absolute Gasteiger partial charge is 0.0498 e. The number of hydrogen-bond donors (Lipinski definition) is 1. The van der Waals surface area contributed by atoms with Crippen LogP contribution in [-0.4, -0.2) is 18.5 Å². The fourth-order valence-corrected chi connectivity index (χ4v) is 1.19. The van der Waals surface area contributed by atoms with Gasteiger partial charge in [-0.3, -0.25) is 0 Å². The molecule has 1 nitrogen and oxygen atoms in total. The average Bonchev–Trinajstić information content (AvgIpc) is 1.64. The van der Waals surface area contributed by atoms with Crippen molar-refractivity contribution in [3.8, 4) is 0 Å². The molecule has 0 bridgehead atoms. The molecule has 0 radical (unpaired) electrons. The van der Waals surface area contributed by atoms with Crippen LogP contribution < -0.4 is 5.32 Å². The summed E-state index contributed by atoms with van der Waals surface area (Å²) < 4.78 is 0. The van der Waals surface area contributed by atoms with E-state index in [1.54, 1.807) is 0 Å². The summed E-state index contributed by atoms with van der Waals surface area (Å²) in [5.41, 5.74) is 1.22. The van der Waals surface area contributed by atoms with Crippen LogP contribution in [0.25, 0.3) is 0 Å². The van der Waals surface area contributed by atoms with E-state index >= 15 is 0 Å². The highest BCUT2D eigenvalue weighted by atomic mass is 35.5. The Morgan fingerprint density at radius 3 is 2.88 bits per heavy atom. The molecule has 1 N–H and O–H groups in total. The van der Waals surface area contributed by atoms with Gasteiger partial charge in [0.2, 0.25) is 0 Å². The van der Waals surface area contributed by atoms with Gasteiger partial charge in [0.15, 0.2) is 0 Å². The Bertz CT molecular complexity index is 101. The fraction of sp³-hybridized carbons (Fsp3) is 0.667. The van der Waals surface area contributed by atoms with Gasteiger partial charge in [-0.15, -0.1) is 11.6 Å². The molecule has 1 saturated heterocycles. The molecule has 1 rings (SSSR count). The molecular weight excluding hydrogens is 122 g/mol. The molecule has 1 fully saturated rings. The van der Waals surface area contributed by atoms with Crippen molar-refractivity contribution in [3.63, 3.8) is 0 Å². The standard InChI is InChI=1S/C6H10ClN/c1-5-2-6(7)4-8-3-5/h6,8H,1-4H2. The van der Waals surface area contributed by atoms with Crippen LogP contribution in [0.2, 0.25) is 0 Å². The van der Waals surface area contributed by atoms with Crippen LogP contribution in [0.4, 0.5) is 0 Å². The van der Waals surface area contributed by atoms with Gasteiger partial charge >= 0.3 is 0 Å². The molecule has 0 aromatic rings. The number of rotatable bonds is 0. The lowest BCUT2D eigenvalue weighted by atomic mass is 10.1. The fourth-order valence-electron chi connectivity index (χ4n) is 0.863. The molecule has 0 aliphatic carbocycles. The SMILES string of the molecule is C=C1CNCC(Cl)C1. The monoisotopic (exact) mass is 131 g/mol. The summed E-state index contributed by atoms with van der Waals surface area (Å²) in [7, 11) is 0. The molecule has 1 aliphatic heterocycles. The number of alkyl halides is 1. The van der Waals surface area contributed by atoms with Crippen LogP contribution in [0.3, 0.4) is 0 Å². The van der Waals surface area contributed by atoms with Crippen LogP contribution >= 0.6 is 11.6 Å². The molecule has 1 atom stereocenters. The summed E-state index contributed by atoms with van der Waals surface area (Å²) in [6.45, 7) is 5.70. The van der Waals surface area contributed by atoms with Crippen molar-refractivity contribution in [3.05, 3.63) is 12.2 Å². The predicted molar refractivity (Wildman–Crippen MR) is 36.3 cm³/mol. The lowest BCUT2D eigenvalue weighted by Crippen LogP contribution is -2.31. The van der Waals surface area contributed by atoms with Crippen LogP contribution in [0, 0.1) is 0 Å². The van der Waals surface area contributed by atoms with Crippen molar-refractivity contribution in [1.82, 2.24) is 5.32 Å². The Hall–Kier alpha value is -0.0100. The van der Waals surface area contributed by atoms with Gasteiger partial charge < -0.3 is 5.32 Å². The molecule has 1 aliphatic rings. The van der Waals surface area contributed by atoms with E-state index in [1.165, 1.54) is 5.57 Å². The summed E-state index contributed by atoms with van der Waals surface area (Å²) in [4.78, 5) is 0. The van der Waals surface area contributed by atoms with E-state index in [0.29, 0.717) is 0 Å². The van der Waals surface area contributed by atoms with Gasteiger partial charge in [-0.2, -0.15) is 0 Å². The Kier molecular flexibility index (Phi) is 1.92. The van der Waals surface area contributed by atoms with E-state index in [2.05, 4.69) is 11.9 Å². The second-order valence-corrected chi connectivity index (χ2v) is 2.80. The zero-order valence-electron chi connectivity index (χ0n) is 4.78. The second-order valence-electron chi connectivity index (χ2n) is 2.18. The summed E-state index contributed by atoms with van der Waals surface area (Å²) in [6, 6.07) is 0.